The van der Waals surface area contributed by atoms with E-state index in [1.165, 1.54) is 22.2 Å². The molecular weight excluding hydrogens is 422 g/mol. The van der Waals surface area contributed by atoms with Crippen molar-refractivity contribution >= 4 is 38.9 Å². The number of hydrogen-bond donors (Lipinski definition) is 1. The van der Waals surface area contributed by atoms with Gasteiger partial charge in [0.15, 0.2) is 5.78 Å². The number of fused-ring (bicyclic) bond motifs is 1. The van der Waals surface area contributed by atoms with Gasteiger partial charge in [0.25, 0.3) is 5.56 Å². The summed E-state index contributed by atoms with van der Waals surface area (Å²) in [5, 5.41) is 5.27. The molecule has 2 aromatic heterocycles. The van der Waals surface area contributed by atoms with Crippen molar-refractivity contribution in [3.63, 3.8) is 0 Å². The molecular formula is C25H23N3O3S. The minimum atomic E-state index is -0.235. The minimum absolute atomic E-state index is 0.0602. The number of nitrogens with one attached hydrogen (secondary N) is 1. The van der Waals surface area contributed by atoms with Crippen LogP contribution in [0, 0.1) is 5.92 Å². The van der Waals surface area contributed by atoms with E-state index in [9.17, 15) is 14.4 Å². The largest absolute Gasteiger partial charge is 0.326 e. The fourth-order valence-electron chi connectivity index (χ4n) is 3.48. The van der Waals surface area contributed by atoms with Crippen LogP contribution in [0.5, 0.6) is 0 Å². The summed E-state index contributed by atoms with van der Waals surface area (Å²) in [5.74, 6) is 0.00512. The standard InChI is InChI=1S/C25H23N3O3S/c1-16(2)12-22(30)27-19-10-8-18(9-11-19)21(29)13-28-15-26-24-23(25(28)31)20(14-32-24)17-6-4-3-5-7-17/h3-11,14-16H,12-13H2,1-2H3,(H,27,30). The van der Waals surface area contributed by atoms with E-state index in [-0.39, 0.29) is 29.7 Å². The van der Waals surface area contributed by atoms with Crippen LogP contribution >= 0.6 is 11.3 Å². The number of hydrogen-bond acceptors (Lipinski definition) is 5. The van der Waals surface area contributed by atoms with Gasteiger partial charge in [-0.2, -0.15) is 0 Å². The highest BCUT2D eigenvalue weighted by molar-refractivity contribution is 7.17. The van der Waals surface area contributed by atoms with Crippen LogP contribution in [0.4, 0.5) is 5.69 Å². The Morgan fingerprint density at radius 1 is 1.06 bits per heavy atom. The molecule has 0 aliphatic heterocycles. The van der Waals surface area contributed by atoms with Crippen molar-refractivity contribution in [1.82, 2.24) is 9.55 Å². The van der Waals surface area contributed by atoms with E-state index in [2.05, 4.69) is 10.3 Å². The molecule has 0 fully saturated rings. The van der Waals surface area contributed by atoms with Gasteiger partial charge in [0.2, 0.25) is 5.91 Å². The Kier molecular flexibility index (Phi) is 6.28. The zero-order valence-corrected chi connectivity index (χ0v) is 18.7. The molecule has 0 spiro atoms. The van der Waals surface area contributed by atoms with Gasteiger partial charge in [-0.15, -0.1) is 11.3 Å². The highest BCUT2D eigenvalue weighted by atomic mass is 32.1. The van der Waals surface area contributed by atoms with Crippen molar-refractivity contribution in [1.29, 1.82) is 0 Å². The summed E-state index contributed by atoms with van der Waals surface area (Å²) in [6.07, 6.45) is 1.86. The van der Waals surface area contributed by atoms with Crippen LogP contribution in [0.2, 0.25) is 0 Å². The normalized spacial score (nSPS) is 11.1. The van der Waals surface area contributed by atoms with Crippen LogP contribution in [0.15, 0.2) is 71.1 Å². The summed E-state index contributed by atoms with van der Waals surface area (Å²) in [6, 6.07) is 16.4. The van der Waals surface area contributed by atoms with Gasteiger partial charge in [-0.25, -0.2) is 4.98 Å². The Labute approximate surface area is 189 Å². The maximum absolute atomic E-state index is 13.1. The van der Waals surface area contributed by atoms with Crippen molar-refractivity contribution in [3.05, 3.63) is 82.2 Å². The number of ketones is 1. The lowest BCUT2D eigenvalue weighted by Crippen LogP contribution is -2.24. The van der Waals surface area contributed by atoms with E-state index in [1.807, 2.05) is 49.6 Å². The van der Waals surface area contributed by atoms with Crippen LogP contribution in [0.1, 0.15) is 30.6 Å². The molecule has 0 unspecified atom stereocenters. The molecule has 1 N–H and O–H groups in total. The molecule has 7 heteroatoms. The molecule has 6 nitrogen and oxygen atoms in total. The number of aromatic nitrogens is 2. The first kappa shape index (κ1) is 21.6. The van der Waals surface area contributed by atoms with Crippen molar-refractivity contribution in [2.24, 2.45) is 5.92 Å². The van der Waals surface area contributed by atoms with Crippen LogP contribution in [0.3, 0.4) is 0 Å². The first-order valence-corrected chi connectivity index (χ1v) is 11.3. The van der Waals surface area contributed by atoms with Gasteiger partial charge < -0.3 is 5.32 Å². The number of Topliss-reactive ketones (excluding diaryl/α,β-unsaturated/α-hetero) is 1. The lowest BCUT2D eigenvalue weighted by atomic mass is 10.1. The summed E-state index contributed by atoms with van der Waals surface area (Å²) in [6.45, 7) is 3.85. The van der Waals surface area contributed by atoms with Crippen LogP contribution < -0.4 is 10.9 Å². The molecule has 32 heavy (non-hydrogen) atoms. The number of amides is 1. The quantitative estimate of drug-likeness (QED) is 0.406. The van der Waals surface area contributed by atoms with Gasteiger partial charge in [0.05, 0.1) is 18.3 Å². The number of anilines is 1. The van der Waals surface area contributed by atoms with Crippen molar-refractivity contribution < 1.29 is 9.59 Å². The molecule has 2 heterocycles. The average molecular weight is 446 g/mol. The Hall–Kier alpha value is -3.58. The van der Waals surface area contributed by atoms with E-state index in [1.54, 1.807) is 24.3 Å². The highest BCUT2D eigenvalue weighted by Gasteiger charge is 2.15. The smallest absolute Gasteiger partial charge is 0.263 e. The molecule has 4 aromatic rings. The van der Waals surface area contributed by atoms with Gasteiger partial charge in [-0.1, -0.05) is 44.2 Å². The summed E-state index contributed by atoms with van der Waals surface area (Å²) in [4.78, 5) is 42.9. The summed E-state index contributed by atoms with van der Waals surface area (Å²) in [7, 11) is 0. The maximum Gasteiger partial charge on any atom is 0.263 e. The SMILES string of the molecule is CC(C)CC(=O)Nc1ccc(C(=O)Cn2cnc3scc(-c4ccccc4)c3c2=O)cc1. The first-order chi connectivity index (χ1) is 15.4. The lowest BCUT2D eigenvalue weighted by Gasteiger charge is -2.09. The molecule has 0 saturated carbocycles. The zero-order valence-electron chi connectivity index (χ0n) is 17.9. The highest BCUT2D eigenvalue weighted by Crippen LogP contribution is 2.30. The van der Waals surface area contributed by atoms with Crippen molar-refractivity contribution in [2.45, 2.75) is 26.8 Å². The molecule has 0 atom stereocenters. The van der Waals surface area contributed by atoms with Crippen LogP contribution in [-0.4, -0.2) is 21.2 Å². The van der Waals surface area contributed by atoms with E-state index in [0.29, 0.717) is 27.9 Å². The molecule has 1 amide bonds. The third-order valence-electron chi connectivity index (χ3n) is 5.04. The summed E-state index contributed by atoms with van der Waals surface area (Å²) < 4.78 is 1.35. The number of nitrogens with zero attached hydrogens (tertiary/aromatic N) is 2. The number of benzene rings is 2. The molecule has 4 rings (SSSR count). The Bertz CT molecular complexity index is 1320. The fraction of sp³-hybridized carbons (Fsp3) is 0.200. The third-order valence-corrected chi connectivity index (χ3v) is 5.93. The zero-order chi connectivity index (χ0) is 22.7. The second-order valence-corrected chi connectivity index (χ2v) is 8.88. The van der Waals surface area contributed by atoms with Gasteiger partial charge in [0, 0.05) is 28.6 Å². The van der Waals surface area contributed by atoms with E-state index < -0.39 is 0 Å². The second-order valence-electron chi connectivity index (χ2n) is 8.02. The maximum atomic E-state index is 13.1. The molecule has 0 bridgehead atoms. The van der Waals surface area contributed by atoms with Crippen LogP contribution in [-0.2, 0) is 11.3 Å². The number of rotatable bonds is 7. The number of carbonyl (C=O) groups is 2. The second kappa shape index (κ2) is 9.28. The summed E-state index contributed by atoms with van der Waals surface area (Å²) >= 11 is 1.41. The van der Waals surface area contributed by atoms with Gasteiger partial charge in [-0.05, 0) is 35.7 Å². The molecule has 2 aromatic carbocycles. The van der Waals surface area contributed by atoms with Gasteiger partial charge in [-0.3, -0.25) is 19.0 Å². The van der Waals surface area contributed by atoms with Crippen molar-refractivity contribution in [3.8, 4) is 11.1 Å². The monoisotopic (exact) mass is 445 g/mol. The van der Waals surface area contributed by atoms with E-state index in [4.69, 9.17) is 0 Å². The van der Waals surface area contributed by atoms with Gasteiger partial charge in [0.1, 0.15) is 4.83 Å². The van der Waals surface area contributed by atoms with Gasteiger partial charge >= 0.3 is 0 Å². The molecule has 0 saturated heterocycles. The predicted octanol–water partition coefficient (Wildman–Crippen LogP) is 4.99. The van der Waals surface area contributed by atoms with E-state index in [0.717, 1.165) is 11.1 Å². The number of carbonyl (C=O) groups excluding carboxylic acids is 2. The molecule has 0 aliphatic rings. The van der Waals surface area contributed by atoms with Crippen LogP contribution in [0.25, 0.3) is 21.3 Å². The lowest BCUT2D eigenvalue weighted by molar-refractivity contribution is -0.116. The Balaban J connectivity index is 1.55. The Morgan fingerprint density at radius 2 is 1.78 bits per heavy atom. The van der Waals surface area contributed by atoms with Crippen molar-refractivity contribution in [2.75, 3.05) is 5.32 Å². The average Bonchev–Trinajstić information content (AvgIpc) is 3.21. The molecule has 0 radical (unpaired) electrons. The topological polar surface area (TPSA) is 81.1 Å². The Morgan fingerprint density at radius 3 is 2.47 bits per heavy atom. The van der Waals surface area contributed by atoms with E-state index >= 15 is 0 Å². The first-order valence-electron chi connectivity index (χ1n) is 10.4. The summed E-state index contributed by atoms with van der Waals surface area (Å²) in [5.41, 5.74) is 2.63. The minimum Gasteiger partial charge on any atom is -0.326 e. The predicted molar refractivity (Wildman–Crippen MR) is 128 cm³/mol. The number of thiophene rings is 1. The third kappa shape index (κ3) is 4.68. The molecule has 0 aliphatic carbocycles. The fourth-order valence-corrected chi connectivity index (χ4v) is 4.39. The molecule has 162 valence electrons.